The van der Waals surface area contributed by atoms with Gasteiger partial charge in [-0.05, 0) is 52.6 Å². The summed E-state index contributed by atoms with van der Waals surface area (Å²) in [7, 11) is 4.46. The molecule has 0 saturated heterocycles. The second-order valence-electron chi connectivity index (χ2n) is 6.41. The van der Waals surface area contributed by atoms with E-state index in [4.69, 9.17) is 5.73 Å². The first-order chi connectivity index (χ1) is 8.67. The Kier molecular flexibility index (Phi) is 4.85. The molecular weight excluding hydrogens is 220 g/mol. The van der Waals surface area contributed by atoms with Crippen LogP contribution in [0.4, 0.5) is 0 Å². The van der Waals surface area contributed by atoms with Crippen LogP contribution in [0.2, 0.25) is 0 Å². The molecule has 2 N–H and O–H groups in total. The van der Waals surface area contributed by atoms with Crippen molar-refractivity contribution in [1.82, 2.24) is 4.90 Å². The zero-order valence-corrected chi connectivity index (χ0v) is 12.3. The van der Waals surface area contributed by atoms with E-state index in [1.54, 1.807) is 0 Å². The highest BCUT2D eigenvalue weighted by Crippen LogP contribution is 2.37. The number of nitrogens with two attached hydrogens (primary N) is 1. The molecule has 0 aromatic carbocycles. The molecule has 2 heteroatoms. The molecule has 2 aliphatic rings. The quantitative estimate of drug-likeness (QED) is 0.614. The van der Waals surface area contributed by atoms with E-state index in [2.05, 4.69) is 25.1 Å². The Balaban J connectivity index is 2.19. The highest BCUT2D eigenvalue weighted by Gasteiger charge is 2.40. The highest BCUT2D eigenvalue weighted by atomic mass is 15.2. The minimum Gasteiger partial charge on any atom is -0.323 e. The van der Waals surface area contributed by atoms with Crippen molar-refractivity contribution in [3.63, 3.8) is 0 Å². The fourth-order valence-corrected chi connectivity index (χ4v) is 3.87. The van der Waals surface area contributed by atoms with Crippen molar-refractivity contribution >= 4 is 0 Å². The predicted octanol–water partition coefficient (Wildman–Crippen LogP) is 3.47. The van der Waals surface area contributed by atoms with Crippen LogP contribution in [-0.2, 0) is 0 Å². The Morgan fingerprint density at radius 3 is 2.22 bits per heavy atom. The van der Waals surface area contributed by atoms with Gasteiger partial charge in [0.25, 0.3) is 0 Å². The summed E-state index contributed by atoms with van der Waals surface area (Å²) in [4.78, 5) is 2.43. The van der Waals surface area contributed by atoms with Crippen LogP contribution in [0.5, 0.6) is 0 Å². The standard InChI is InChI=1S/C16H30N2/c1-18(2)16(12-8-3-4-9-13-16)15(17)14-10-6-5-7-11-14/h10,15H,3-9,11-13,17H2,1-2H3. The summed E-state index contributed by atoms with van der Waals surface area (Å²) < 4.78 is 0. The molecule has 0 aromatic rings. The lowest BCUT2D eigenvalue weighted by molar-refractivity contribution is 0.108. The van der Waals surface area contributed by atoms with Gasteiger partial charge in [0, 0.05) is 11.6 Å². The largest absolute Gasteiger partial charge is 0.323 e. The summed E-state index contributed by atoms with van der Waals surface area (Å²) in [6.07, 6.45) is 15.6. The minimum absolute atomic E-state index is 0.222. The van der Waals surface area contributed by atoms with E-state index in [1.807, 2.05) is 0 Å². The van der Waals surface area contributed by atoms with Crippen LogP contribution < -0.4 is 5.73 Å². The molecule has 104 valence electrons. The number of hydrogen-bond acceptors (Lipinski definition) is 2. The van der Waals surface area contributed by atoms with Crippen molar-refractivity contribution in [3.8, 4) is 0 Å². The smallest absolute Gasteiger partial charge is 0.0441 e. The van der Waals surface area contributed by atoms with Gasteiger partial charge in [0.15, 0.2) is 0 Å². The molecule has 1 atom stereocenters. The zero-order valence-electron chi connectivity index (χ0n) is 12.3. The summed E-state index contributed by atoms with van der Waals surface area (Å²) >= 11 is 0. The van der Waals surface area contributed by atoms with Crippen molar-refractivity contribution in [2.45, 2.75) is 75.8 Å². The molecule has 0 radical (unpaired) electrons. The minimum atomic E-state index is 0.222. The summed E-state index contributed by atoms with van der Waals surface area (Å²) in [6.45, 7) is 0. The Bertz CT molecular complexity index is 285. The lowest BCUT2D eigenvalue weighted by atomic mass is 9.76. The molecule has 1 fully saturated rings. The van der Waals surface area contributed by atoms with Crippen LogP contribution in [0.15, 0.2) is 11.6 Å². The predicted molar refractivity (Wildman–Crippen MR) is 78.6 cm³/mol. The first-order valence-electron chi connectivity index (χ1n) is 7.79. The fraction of sp³-hybridized carbons (Fsp3) is 0.875. The number of rotatable bonds is 3. The molecule has 0 amide bonds. The lowest BCUT2D eigenvalue weighted by Gasteiger charge is -2.45. The molecule has 1 unspecified atom stereocenters. The Hall–Kier alpha value is -0.340. The van der Waals surface area contributed by atoms with Gasteiger partial charge in [-0.2, -0.15) is 0 Å². The Morgan fingerprint density at radius 1 is 1.06 bits per heavy atom. The average Bonchev–Trinajstić information content (AvgIpc) is 2.65. The van der Waals surface area contributed by atoms with Crippen molar-refractivity contribution in [1.29, 1.82) is 0 Å². The molecule has 2 nitrogen and oxygen atoms in total. The van der Waals surface area contributed by atoms with Crippen LogP contribution in [-0.4, -0.2) is 30.6 Å². The third kappa shape index (κ3) is 2.80. The number of hydrogen-bond donors (Lipinski definition) is 1. The third-order valence-corrected chi connectivity index (χ3v) is 5.16. The SMILES string of the molecule is CN(C)C1(C(N)C2=CCCCC2)CCCCCC1. The second-order valence-corrected chi connectivity index (χ2v) is 6.41. The van der Waals surface area contributed by atoms with Crippen molar-refractivity contribution in [2.75, 3.05) is 14.1 Å². The zero-order chi connectivity index (χ0) is 13.0. The molecule has 18 heavy (non-hydrogen) atoms. The summed E-state index contributed by atoms with van der Waals surface area (Å²) in [6, 6.07) is 0.255. The average molecular weight is 250 g/mol. The first-order valence-corrected chi connectivity index (χ1v) is 7.79. The summed E-state index contributed by atoms with van der Waals surface area (Å²) in [5, 5.41) is 0. The van der Waals surface area contributed by atoms with Gasteiger partial charge < -0.3 is 10.6 Å². The molecule has 2 rings (SSSR count). The maximum Gasteiger partial charge on any atom is 0.0441 e. The van der Waals surface area contributed by atoms with Crippen LogP contribution in [0.3, 0.4) is 0 Å². The van der Waals surface area contributed by atoms with Crippen molar-refractivity contribution in [3.05, 3.63) is 11.6 Å². The molecule has 0 spiro atoms. The Labute approximate surface area is 113 Å². The molecule has 1 saturated carbocycles. The number of allylic oxidation sites excluding steroid dienone is 1. The van der Waals surface area contributed by atoms with Gasteiger partial charge in [-0.3, -0.25) is 0 Å². The van der Waals surface area contributed by atoms with Crippen LogP contribution in [0.25, 0.3) is 0 Å². The molecular formula is C16H30N2. The van der Waals surface area contributed by atoms with Crippen LogP contribution in [0.1, 0.15) is 64.2 Å². The highest BCUT2D eigenvalue weighted by molar-refractivity contribution is 5.20. The van der Waals surface area contributed by atoms with Gasteiger partial charge in [0.2, 0.25) is 0 Å². The van der Waals surface area contributed by atoms with Gasteiger partial charge in [-0.15, -0.1) is 0 Å². The van der Waals surface area contributed by atoms with E-state index in [-0.39, 0.29) is 11.6 Å². The monoisotopic (exact) mass is 250 g/mol. The molecule has 2 aliphatic carbocycles. The topological polar surface area (TPSA) is 29.3 Å². The van der Waals surface area contributed by atoms with E-state index in [9.17, 15) is 0 Å². The fourth-order valence-electron chi connectivity index (χ4n) is 3.87. The normalized spacial score (nSPS) is 26.6. The van der Waals surface area contributed by atoms with Crippen LogP contribution in [0, 0.1) is 0 Å². The van der Waals surface area contributed by atoms with Gasteiger partial charge in [0.05, 0.1) is 0 Å². The van der Waals surface area contributed by atoms with Gasteiger partial charge in [-0.25, -0.2) is 0 Å². The summed E-state index contributed by atoms with van der Waals surface area (Å²) in [5.41, 5.74) is 8.48. The molecule has 0 aliphatic heterocycles. The van der Waals surface area contributed by atoms with Crippen molar-refractivity contribution < 1.29 is 0 Å². The van der Waals surface area contributed by atoms with E-state index in [0.717, 1.165) is 0 Å². The van der Waals surface area contributed by atoms with Crippen LogP contribution >= 0.6 is 0 Å². The molecule has 0 heterocycles. The molecule has 0 bridgehead atoms. The first kappa shape index (κ1) is 14.1. The maximum atomic E-state index is 6.72. The van der Waals surface area contributed by atoms with E-state index < -0.39 is 0 Å². The number of nitrogens with zero attached hydrogens (tertiary/aromatic N) is 1. The summed E-state index contributed by atoms with van der Waals surface area (Å²) in [5.74, 6) is 0. The van der Waals surface area contributed by atoms with E-state index in [0.29, 0.717) is 0 Å². The second kappa shape index (κ2) is 6.21. The van der Waals surface area contributed by atoms with E-state index >= 15 is 0 Å². The van der Waals surface area contributed by atoms with E-state index in [1.165, 1.54) is 69.8 Å². The van der Waals surface area contributed by atoms with Crippen molar-refractivity contribution in [2.24, 2.45) is 5.73 Å². The molecule has 0 aromatic heterocycles. The maximum absolute atomic E-state index is 6.72. The van der Waals surface area contributed by atoms with Gasteiger partial charge in [0.1, 0.15) is 0 Å². The Morgan fingerprint density at radius 2 is 1.72 bits per heavy atom. The van der Waals surface area contributed by atoms with Gasteiger partial charge in [-0.1, -0.05) is 37.3 Å². The lowest BCUT2D eigenvalue weighted by Crippen LogP contribution is -2.58. The third-order valence-electron chi connectivity index (χ3n) is 5.16. The number of likely N-dealkylation sites (N-methyl/N-ethyl adjacent to an activating group) is 1. The van der Waals surface area contributed by atoms with Gasteiger partial charge >= 0.3 is 0 Å².